The Kier molecular flexibility index (Phi) is 4.24. The maximum Gasteiger partial charge on any atom is 0.409 e. The smallest absolute Gasteiger partial charge is 0.409 e. The highest BCUT2D eigenvalue weighted by atomic mass is 16.7. The molecule has 3 rings (SSSR count). The number of nitrogens with one attached hydrogen (secondary N) is 1. The van der Waals surface area contributed by atoms with Crippen LogP contribution in [0.4, 0.5) is 4.79 Å². The van der Waals surface area contributed by atoms with Crippen molar-refractivity contribution in [3.63, 3.8) is 0 Å². The Morgan fingerprint density at radius 3 is 2.65 bits per heavy atom. The molecule has 2 aromatic rings. The van der Waals surface area contributed by atoms with E-state index in [0.29, 0.717) is 12.3 Å². The zero-order chi connectivity index (χ0) is 16.4. The summed E-state index contributed by atoms with van der Waals surface area (Å²) >= 11 is 0. The molecular formula is C19H21NO3. The van der Waals surface area contributed by atoms with Crippen molar-refractivity contribution in [3.8, 4) is 16.9 Å². The Morgan fingerprint density at radius 2 is 1.91 bits per heavy atom. The fourth-order valence-electron chi connectivity index (χ4n) is 2.94. The lowest BCUT2D eigenvalue weighted by Crippen LogP contribution is -2.28. The predicted octanol–water partition coefficient (Wildman–Crippen LogP) is 4.09. The van der Waals surface area contributed by atoms with E-state index in [9.17, 15) is 4.79 Å². The van der Waals surface area contributed by atoms with E-state index in [4.69, 9.17) is 9.47 Å². The van der Waals surface area contributed by atoms with Crippen molar-refractivity contribution >= 4 is 6.09 Å². The van der Waals surface area contributed by atoms with Crippen LogP contribution in [0.1, 0.15) is 30.9 Å². The number of ether oxygens (including phenoxy) is 2. The summed E-state index contributed by atoms with van der Waals surface area (Å²) in [5.41, 5.74) is 4.56. The lowest BCUT2D eigenvalue weighted by molar-refractivity contribution is -0.0153. The molecular weight excluding hydrogens is 290 g/mol. The largest absolute Gasteiger partial charge is 0.453 e. The molecule has 1 atom stereocenters. The SMILES string of the molecule is CNC(=O)OC1Cc2cccc(-c3ccccc3C(C)C)c2O1. The van der Waals surface area contributed by atoms with Crippen molar-refractivity contribution in [2.45, 2.75) is 32.5 Å². The standard InChI is InChI=1S/C19H21NO3/c1-12(2)14-8-4-5-9-15(14)16-10-6-7-13-11-17(22-18(13)16)23-19(21)20-3/h4-10,12,17H,11H2,1-3H3,(H,20,21). The second-order valence-corrected chi connectivity index (χ2v) is 5.94. The number of carbonyl (C=O) groups is 1. The molecule has 1 N–H and O–H groups in total. The Bertz CT molecular complexity index is 724. The lowest BCUT2D eigenvalue weighted by atomic mass is 9.91. The summed E-state index contributed by atoms with van der Waals surface area (Å²) in [6.07, 6.45) is -0.482. The van der Waals surface area contributed by atoms with Gasteiger partial charge in [0.1, 0.15) is 5.75 Å². The van der Waals surface area contributed by atoms with Gasteiger partial charge in [0, 0.05) is 18.2 Å². The Hall–Kier alpha value is -2.49. The first-order valence-corrected chi connectivity index (χ1v) is 7.86. The molecule has 120 valence electrons. The molecule has 0 bridgehead atoms. The van der Waals surface area contributed by atoms with Crippen LogP contribution in [-0.2, 0) is 11.2 Å². The summed E-state index contributed by atoms with van der Waals surface area (Å²) in [5.74, 6) is 1.23. The number of benzene rings is 2. The van der Waals surface area contributed by atoms with Gasteiger partial charge in [0.15, 0.2) is 0 Å². The van der Waals surface area contributed by atoms with Gasteiger partial charge in [-0.2, -0.15) is 0 Å². The molecule has 0 radical (unpaired) electrons. The number of amides is 1. The highest BCUT2D eigenvalue weighted by Crippen LogP contribution is 2.41. The van der Waals surface area contributed by atoms with E-state index in [1.807, 2.05) is 18.2 Å². The van der Waals surface area contributed by atoms with Gasteiger partial charge in [-0.15, -0.1) is 0 Å². The highest BCUT2D eigenvalue weighted by molar-refractivity contribution is 5.76. The number of fused-ring (bicyclic) bond motifs is 1. The van der Waals surface area contributed by atoms with Gasteiger partial charge in [-0.1, -0.05) is 56.3 Å². The molecule has 1 heterocycles. The van der Waals surface area contributed by atoms with E-state index in [1.54, 1.807) is 0 Å². The molecule has 23 heavy (non-hydrogen) atoms. The van der Waals surface area contributed by atoms with E-state index in [-0.39, 0.29) is 0 Å². The molecule has 1 unspecified atom stereocenters. The fraction of sp³-hybridized carbons (Fsp3) is 0.316. The van der Waals surface area contributed by atoms with Crippen molar-refractivity contribution < 1.29 is 14.3 Å². The quantitative estimate of drug-likeness (QED) is 0.928. The molecule has 1 aliphatic heterocycles. The predicted molar refractivity (Wildman–Crippen MR) is 89.6 cm³/mol. The maximum atomic E-state index is 11.4. The number of para-hydroxylation sites is 1. The van der Waals surface area contributed by atoms with Gasteiger partial charge >= 0.3 is 6.09 Å². The number of alkyl carbamates (subject to hydrolysis) is 1. The summed E-state index contributed by atoms with van der Waals surface area (Å²) in [4.78, 5) is 11.4. The van der Waals surface area contributed by atoms with E-state index < -0.39 is 12.4 Å². The summed E-state index contributed by atoms with van der Waals surface area (Å²) in [6, 6.07) is 14.5. The van der Waals surface area contributed by atoms with Crippen LogP contribution in [0.15, 0.2) is 42.5 Å². The van der Waals surface area contributed by atoms with Crippen LogP contribution in [0.3, 0.4) is 0 Å². The second-order valence-electron chi connectivity index (χ2n) is 5.94. The van der Waals surface area contributed by atoms with Crippen LogP contribution in [0, 0.1) is 0 Å². The van der Waals surface area contributed by atoms with Gasteiger partial charge in [-0.05, 0) is 17.0 Å². The van der Waals surface area contributed by atoms with E-state index in [1.165, 1.54) is 18.2 Å². The molecule has 0 saturated carbocycles. The van der Waals surface area contributed by atoms with Crippen LogP contribution in [0.5, 0.6) is 5.75 Å². The Morgan fingerprint density at radius 1 is 1.17 bits per heavy atom. The molecule has 1 amide bonds. The maximum absolute atomic E-state index is 11.4. The number of carbonyl (C=O) groups excluding carboxylic acids is 1. The highest BCUT2D eigenvalue weighted by Gasteiger charge is 2.28. The first-order chi connectivity index (χ1) is 11.1. The second kappa shape index (κ2) is 6.32. The van der Waals surface area contributed by atoms with Gasteiger partial charge in [0.2, 0.25) is 6.29 Å². The summed E-state index contributed by atoms with van der Waals surface area (Å²) in [5, 5.41) is 2.45. The van der Waals surface area contributed by atoms with Crippen molar-refractivity contribution in [2.24, 2.45) is 0 Å². The van der Waals surface area contributed by atoms with Crippen LogP contribution < -0.4 is 10.1 Å². The number of hydrogen-bond acceptors (Lipinski definition) is 3. The van der Waals surface area contributed by atoms with Crippen LogP contribution >= 0.6 is 0 Å². The lowest BCUT2D eigenvalue weighted by Gasteiger charge is -2.16. The average molecular weight is 311 g/mol. The third kappa shape index (κ3) is 3.02. The van der Waals surface area contributed by atoms with Crippen molar-refractivity contribution in [3.05, 3.63) is 53.6 Å². The minimum Gasteiger partial charge on any atom is -0.453 e. The van der Waals surface area contributed by atoms with Gasteiger partial charge in [0.05, 0.1) is 6.42 Å². The van der Waals surface area contributed by atoms with Crippen molar-refractivity contribution in [1.29, 1.82) is 0 Å². The number of hydrogen-bond donors (Lipinski definition) is 1. The number of rotatable bonds is 3. The minimum absolute atomic E-state index is 0.418. The molecule has 0 fully saturated rings. The van der Waals surface area contributed by atoms with Crippen LogP contribution in [0.2, 0.25) is 0 Å². The van der Waals surface area contributed by atoms with Gasteiger partial charge in [-0.3, -0.25) is 0 Å². The van der Waals surface area contributed by atoms with E-state index in [0.717, 1.165) is 16.9 Å². The third-order valence-corrected chi connectivity index (χ3v) is 4.05. The van der Waals surface area contributed by atoms with Gasteiger partial charge in [0.25, 0.3) is 0 Å². The average Bonchev–Trinajstić information content (AvgIpc) is 2.96. The molecule has 0 aromatic heterocycles. The zero-order valence-electron chi connectivity index (χ0n) is 13.6. The molecule has 4 nitrogen and oxygen atoms in total. The molecule has 1 aliphatic rings. The van der Waals surface area contributed by atoms with Crippen molar-refractivity contribution in [1.82, 2.24) is 5.32 Å². The Labute approximate surface area is 136 Å². The molecule has 4 heteroatoms. The monoisotopic (exact) mass is 311 g/mol. The fourth-order valence-corrected chi connectivity index (χ4v) is 2.94. The van der Waals surface area contributed by atoms with Gasteiger partial charge < -0.3 is 14.8 Å². The summed E-state index contributed by atoms with van der Waals surface area (Å²) in [7, 11) is 1.54. The molecule has 0 aliphatic carbocycles. The van der Waals surface area contributed by atoms with Crippen LogP contribution in [-0.4, -0.2) is 19.4 Å². The first-order valence-electron chi connectivity index (χ1n) is 7.86. The van der Waals surface area contributed by atoms with E-state index >= 15 is 0 Å². The van der Waals surface area contributed by atoms with E-state index in [2.05, 4.69) is 43.4 Å². The molecule has 0 saturated heterocycles. The Balaban J connectivity index is 1.97. The summed E-state index contributed by atoms with van der Waals surface area (Å²) in [6.45, 7) is 4.36. The summed E-state index contributed by atoms with van der Waals surface area (Å²) < 4.78 is 11.2. The molecule has 0 spiro atoms. The van der Waals surface area contributed by atoms with Crippen molar-refractivity contribution in [2.75, 3.05) is 7.05 Å². The zero-order valence-corrected chi connectivity index (χ0v) is 13.6. The van der Waals surface area contributed by atoms with Crippen LogP contribution in [0.25, 0.3) is 11.1 Å². The molecule has 2 aromatic carbocycles. The van der Waals surface area contributed by atoms with Gasteiger partial charge in [-0.25, -0.2) is 4.79 Å². The topological polar surface area (TPSA) is 47.6 Å². The first kappa shape index (κ1) is 15.4. The normalized spacial score (nSPS) is 15.9. The third-order valence-electron chi connectivity index (χ3n) is 4.05. The minimum atomic E-state index is -0.572.